The molecule has 0 bridgehead atoms. The molecule has 0 fully saturated rings. The molecule has 42 heavy (non-hydrogen) atoms. The molecule has 6 rings (SSSR count). The van der Waals surface area contributed by atoms with E-state index in [-0.39, 0.29) is 22.0 Å². The van der Waals surface area contributed by atoms with Gasteiger partial charge in [-0.3, -0.25) is 9.97 Å². The molecule has 0 aliphatic rings. The van der Waals surface area contributed by atoms with Crippen molar-refractivity contribution in [1.82, 2.24) is 29.9 Å². The summed E-state index contributed by atoms with van der Waals surface area (Å²) >= 11 is 6.64. The molecule has 0 aliphatic carbocycles. The van der Waals surface area contributed by atoms with E-state index in [2.05, 4.69) is 42.0 Å². The maximum absolute atomic E-state index is 13.9. The summed E-state index contributed by atoms with van der Waals surface area (Å²) in [7, 11) is 0. The number of nitriles is 1. The minimum absolute atomic E-state index is 0.114. The van der Waals surface area contributed by atoms with E-state index in [1.807, 2.05) is 6.07 Å². The minimum Gasteiger partial charge on any atom is -0.373 e. The van der Waals surface area contributed by atoms with Crippen LogP contribution in [-0.2, 0) is 0 Å². The highest BCUT2D eigenvalue weighted by Gasteiger charge is 2.21. The number of fused-ring (bicyclic) bond motifs is 1. The SMILES string of the molecule is N#Cc1cnc2c(Cl)cc(NC(c3ccc(F)cc3)c3cn(-c4cccnc4)nn3)cc2c1Nc1cnc(F)c(F)c1. The minimum atomic E-state index is -1.25. The van der Waals surface area contributed by atoms with Crippen LogP contribution in [0.5, 0.6) is 0 Å². The Labute approximate surface area is 241 Å². The van der Waals surface area contributed by atoms with Crippen molar-refractivity contribution in [2.75, 3.05) is 10.6 Å². The van der Waals surface area contributed by atoms with Crippen LogP contribution in [0.15, 0.2) is 85.6 Å². The number of halogens is 4. The van der Waals surface area contributed by atoms with Crippen LogP contribution in [0.1, 0.15) is 22.9 Å². The summed E-state index contributed by atoms with van der Waals surface area (Å²) in [6, 6.07) is 15.2. The number of nitrogens with one attached hydrogen (secondary N) is 2. The summed E-state index contributed by atoms with van der Waals surface area (Å²) in [6.45, 7) is 0. The first kappa shape index (κ1) is 26.7. The number of hydrogen-bond acceptors (Lipinski definition) is 8. The van der Waals surface area contributed by atoms with Crippen molar-refractivity contribution in [1.29, 1.82) is 5.26 Å². The zero-order chi connectivity index (χ0) is 29.2. The standard InChI is InChI=1S/C29H17ClF3N9/c30-23-9-19(8-22-26(17(11-34)12-36-28(22)23)39-20-10-24(32)29(33)37-13-20)38-27(16-3-5-18(31)6-4-16)25-15-42(41-40-25)21-2-1-7-35-14-21/h1-10,12-15,27,38H,(H,36,39). The third kappa shape index (κ3) is 5.28. The maximum Gasteiger partial charge on any atom is 0.249 e. The zero-order valence-corrected chi connectivity index (χ0v) is 22.1. The average molecular weight is 584 g/mol. The molecule has 2 aromatic carbocycles. The fourth-order valence-corrected chi connectivity index (χ4v) is 4.64. The van der Waals surface area contributed by atoms with E-state index in [9.17, 15) is 18.4 Å². The summed E-state index contributed by atoms with van der Waals surface area (Å²) in [5, 5.41) is 25.3. The molecule has 9 nitrogen and oxygen atoms in total. The van der Waals surface area contributed by atoms with E-state index in [1.165, 1.54) is 18.3 Å². The van der Waals surface area contributed by atoms with Gasteiger partial charge < -0.3 is 10.6 Å². The Morgan fingerprint density at radius 3 is 2.52 bits per heavy atom. The Morgan fingerprint density at radius 1 is 0.952 bits per heavy atom. The van der Waals surface area contributed by atoms with Crippen LogP contribution in [0.4, 0.5) is 30.2 Å². The lowest BCUT2D eigenvalue weighted by molar-refractivity contribution is 0.480. The predicted molar refractivity (Wildman–Crippen MR) is 150 cm³/mol. The summed E-state index contributed by atoms with van der Waals surface area (Å²) < 4.78 is 42.7. The first-order valence-electron chi connectivity index (χ1n) is 12.3. The Morgan fingerprint density at radius 2 is 1.79 bits per heavy atom. The Bertz CT molecular complexity index is 1960. The van der Waals surface area contributed by atoms with E-state index in [4.69, 9.17) is 11.6 Å². The molecular weight excluding hydrogens is 567 g/mol. The van der Waals surface area contributed by atoms with Crippen LogP contribution in [-0.4, -0.2) is 29.9 Å². The highest BCUT2D eigenvalue weighted by Crippen LogP contribution is 2.36. The summed E-state index contributed by atoms with van der Waals surface area (Å²) in [4.78, 5) is 11.8. The first-order valence-corrected chi connectivity index (χ1v) is 12.7. The van der Waals surface area contributed by atoms with Crippen molar-refractivity contribution in [3.63, 3.8) is 0 Å². The second-order valence-electron chi connectivity index (χ2n) is 9.06. The highest BCUT2D eigenvalue weighted by molar-refractivity contribution is 6.36. The quantitative estimate of drug-likeness (QED) is 0.205. The largest absolute Gasteiger partial charge is 0.373 e. The summed E-state index contributed by atoms with van der Waals surface area (Å²) in [6.07, 6.45) is 7.44. The molecule has 206 valence electrons. The molecule has 0 saturated carbocycles. The number of benzene rings is 2. The maximum atomic E-state index is 13.9. The van der Waals surface area contributed by atoms with Gasteiger partial charge in [0.2, 0.25) is 5.95 Å². The Kier molecular flexibility index (Phi) is 7.08. The summed E-state index contributed by atoms with van der Waals surface area (Å²) in [5.41, 5.74) is 3.26. The van der Waals surface area contributed by atoms with Crippen LogP contribution >= 0.6 is 11.6 Å². The third-order valence-corrected chi connectivity index (χ3v) is 6.63. The van der Waals surface area contributed by atoms with E-state index >= 15 is 0 Å². The molecule has 0 amide bonds. The van der Waals surface area contributed by atoms with Crippen molar-refractivity contribution in [3.05, 3.63) is 125 Å². The number of pyridine rings is 3. The van der Waals surface area contributed by atoms with E-state index in [0.29, 0.717) is 33.5 Å². The molecule has 1 atom stereocenters. The van der Waals surface area contributed by atoms with Crippen LogP contribution < -0.4 is 10.6 Å². The monoisotopic (exact) mass is 583 g/mol. The van der Waals surface area contributed by atoms with Crippen LogP contribution in [0.2, 0.25) is 5.02 Å². The lowest BCUT2D eigenvalue weighted by atomic mass is 10.0. The molecule has 0 spiro atoms. The van der Waals surface area contributed by atoms with Gasteiger partial charge in [-0.05, 0) is 42.0 Å². The molecule has 0 aliphatic heterocycles. The van der Waals surface area contributed by atoms with Gasteiger partial charge in [-0.2, -0.15) is 9.65 Å². The molecular formula is C29H17ClF3N9. The number of nitrogens with zero attached hydrogens (tertiary/aromatic N) is 7. The smallest absolute Gasteiger partial charge is 0.249 e. The van der Waals surface area contributed by atoms with Crippen LogP contribution in [0, 0.1) is 28.9 Å². The number of hydrogen-bond donors (Lipinski definition) is 2. The van der Waals surface area contributed by atoms with Crippen molar-refractivity contribution in [2.45, 2.75) is 6.04 Å². The van der Waals surface area contributed by atoms with Gasteiger partial charge in [0, 0.05) is 29.5 Å². The Balaban J connectivity index is 1.44. The lowest BCUT2D eigenvalue weighted by Gasteiger charge is -2.20. The topological polar surface area (TPSA) is 117 Å². The third-order valence-electron chi connectivity index (χ3n) is 6.34. The van der Waals surface area contributed by atoms with Crippen molar-refractivity contribution in [3.8, 4) is 11.8 Å². The van der Waals surface area contributed by atoms with Crippen molar-refractivity contribution >= 4 is 39.6 Å². The normalized spacial score (nSPS) is 11.7. The zero-order valence-electron chi connectivity index (χ0n) is 21.3. The molecule has 6 aromatic rings. The fourth-order valence-electron chi connectivity index (χ4n) is 4.37. The van der Waals surface area contributed by atoms with Gasteiger partial charge in [0.15, 0.2) is 5.82 Å². The van der Waals surface area contributed by atoms with Gasteiger partial charge in [0.05, 0.1) is 57.8 Å². The summed E-state index contributed by atoms with van der Waals surface area (Å²) in [5.74, 6) is -2.80. The molecule has 4 heterocycles. The van der Waals surface area contributed by atoms with E-state index < -0.39 is 23.6 Å². The van der Waals surface area contributed by atoms with Gasteiger partial charge in [-0.1, -0.05) is 28.9 Å². The Hall–Kier alpha value is -5.54. The highest BCUT2D eigenvalue weighted by atomic mass is 35.5. The average Bonchev–Trinajstić information content (AvgIpc) is 3.49. The number of aromatic nitrogens is 6. The molecule has 0 saturated heterocycles. The van der Waals surface area contributed by atoms with Gasteiger partial charge in [-0.25, -0.2) is 18.4 Å². The fraction of sp³-hybridized carbons (Fsp3) is 0.0345. The van der Waals surface area contributed by atoms with Crippen LogP contribution in [0.25, 0.3) is 16.6 Å². The van der Waals surface area contributed by atoms with Gasteiger partial charge in [0.25, 0.3) is 0 Å². The van der Waals surface area contributed by atoms with E-state index in [0.717, 1.165) is 12.3 Å². The molecule has 1 unspecified atom stereocenters. The predicted octanol–water partition coefficient (Wildman–Crippen LogP) is 6.49. The molecule has 0 radical (unpaired) electrons. The van der Waals surface area contributed by atoms with E-state index in [1.54, 1.807) is 53.6 Å². The van der Waals surface area contributed by atoms with Gasteiger partial charge >= 0.3 is 0 Å². The van der Waals surface area contributed by atoms with Crippen molar-refractivity contribution in [2.24, 2.45) is 0 Å². The second kappa shape index (κ2) is 11.1. The first-order chi connectivity index (χ1) is 20.4. The second-order valence-corrected chi connectivity index (χ2v) is 9.47. The number of anilines is 3. The lowest BCUT2D eigenvalue weighted by Crippen LogP contribution is -2.13. The van der Waals surface area contributed by atoms with Crippen LogP contribution in [0.3, 0.4) is 0 Å². The van der Waals surface area contributed by atoms with Crippen molar-refractivity contribution < 1.29 is 13.2 Å². The number of rotatable bonds is 7. The molecule has 2 N–H and O–H groups in total. The molecule has 13 heteroatoms. The molecule has 4 aromatic heterocycles. The van der Waals surface area contributed by atoms with Gasteiger partial charge in [0.1, 0.15) is 17.6 Å². The van der Waals surface area contributed by atoms with Gasteiger partial charge in [-0.15, -0.1) is 5.10 Å².